The molecule has 0 atom stereocenters. The van der Waals surface area contributed by atoms with E-state index in [0.717, 1.165) is 10.6 Å². The fourth-order valence-corrected chi connectivity index (χ4v) is 3.35. The van der Waals surface area contributed by atoms with Crippen LogP contribution in [0.4, 0.5) is 5.69 Å². The molecular formula is C16H17NO2S. The van der Waals surface area contributed by atoms with Gasteiger partial charge in [0.15, 0.2) is 5.78 Å². The van der Waals surface area contributed by atoms with Gasteiger partial charge >= 0.3 is 0 Å². The van der Waals surface area contributed by atoms with Gasteiger partial charge in [0.2, 0.25) is 5.91 Å². The number of hydrogen-bond donors (Lipinski definition) is 0. The molecule has 1 aliphatic rings. The molecule has 0 bridgehead atoms. The molecule has 20 heavy (non-hydrogen) atoms. The Kier molecular flexibility index (Phi) is 3.92. The fraction of sp³-hybridized carbons (Fsp3) is 0.375. The summed E-state index contributed by atoms with van der Waals surface area (Å²) in [4.78, 5) is 26.9. The molecule has 0 unspecified atom stereocenters. The Morgan fingerprint density at radius 1 is 1.45 bits per heavy atom. The first-order chi connectivity index (χ1) is 9.40. The molecule has 0 fully saturated rings. The molecule has 1 aliphatic heterocycles. The minimum Gasteiger partial charge on any atom is -0.298 e. The maximum Gasteiger partial charge on any atom is 0.243 e. The summed E-state index contributed by atoms with van der Waals surface area (Å²) in [5, 5.41) is 0. The van der Waals surface area contributed by atoms with E-state index >= 15 is 0 Å². The Labute approximate surface area is 123 Å². The molecule has 1 heterocycles. The molecule has 0 saturated heterocycles. The van der Waals surface area contributed by atoms with Crippen LogP contribution in [0.15, 0.2) is 23.1 Å². The van der Waals surface area contributed by atoms with Crippen molar-refractivity contribution in [2.75, 3.05) is 11.4 Å². The Hall–Kier alpha value is -1.73. The van der Waals surface area contributed by atoms with E-state index in [0.29, 0.717) is 12.0 Å². The van der Waals surface area contributed by atoms with Crippen LogP contribution in [-0.2, 0) is 4.79 Å². The van der Waals surface area contributed by atoms with Crippen LogP contribution in [0.25, 0.3) is 0 Å². The minimum atomic E-state index is -0.542. The highest BCUT2D eigenvalue weighted by Gasteiger charge is 2.39. The second-order valence-electron chi connectivity index (χ2n) is 5.17. The number of nitrogens with zero attached hydrogens (tertiary/aromatic N) is 1. The van der Waals surface area contributed by atoms with Gasteiger partial charge in [0.25, 0.3) is 0 Å². The third-order valence-corrected chi connectivity index (χ3v) is 4.52. The van der Waals surface area contributed by atoms with E-state index in [2.05, 4.69) is 5.92 Å². The number of hydrogen-bond acceptors (Lipinski definition) is 3. The van der Waals surface area contributed by atoms with Crippen molar-refractivity contribution in [3.05, 3.63) is 23.8 Å². The molecule has 0 N–H and O–H groups in total. The number of terminal acetylenes is 1. The van der Waals surface area contributed by atoms with Gasteiger partial charge in [0, 0.05) is 16.9 Å². The summed E-state index contributed by atoms with van der Waals surface area (Å²) < 4.78 is -0.542. The first-order valence-corrected chi connectivity index (χ1v) is 7.34. The second-order valence-corrected chi connectivity index (χ2v) is 6.83. The summed E-state index contributed by atoms with van der Waals surface area (Å²) in [5.41, 5.74) is 1.37. The normalized spacial score (nSPS) is 16.5. The van der Waals surface area contributed by atoms with Crippen LogP contribution >= 0.6 is 11.8 Å². The number of amides is 1. The van der Waals surface area contributed by atoms with Crippen molar-refractivity contribution < 1.29 is 9.59 Å². The number of ketones is 1. The third kappa shape index (κ3) is 2.46. The third-order valence-electron chi connectivity index (χ3n) is 3.27. The number of Topliss-reactive ketones (excluding diaryl/α,β-unsaturated/α-hetero) is 1. The van der Waals surface area contributed by atoms with E-state index in [1.807, 2.05) is 32.9 Å². The Balaban J connectivity index is 2.54. The van der Waals surface area contributed by atoms with Crippen molar-refractivity contribution in [3.8, 4) is 12.3 Å². The molecule has 1 aromatic rings. The van der Waals surface area contributed by atoms with E-state index < -0.39 is 4.75 Å². The summed E-state index contributed by atoms with van der Waals surface area (Å²) in [7, 11) is 0. The molecule has 0 aromatic heterocycles. The number of thioether (sulfide) groups is 1. The van der Waals surface area contributed by atoms with E-state index in [1.54, 1.807) is 11.0 Å². The zero-order valence-electron chi connectivity index (χ0n) is 11.9. The summed E-state index contributed by atoms with van der Waals surface area (Å²) >= 11 is 1.51. The van der Waals surface area contributed by atoms with Crippen LogP contribution in [0.5, 0.6) is 0 Å². The lowest BCUT2D eigenvalue weighted by molar-refractivity contribution is -0.120. The van der Waals surface area contributed by atoms with Crippen LogP contribution in [0.3, 0.4) is 0 Å². The average Bonchev–Trinajstić information content (AvgIpc) is 2.42. The zero-order valence-corrected chi connectivity index (χ0v) is 12.7. The fourth-order valence-electron chi connectivity index (χ4n) is 2.19. The van der Waals surface area contributed by atoms with Gasteiger partial charge in [-0.25, -0.2) is 0 Å². The summed E-state index contributed by atoms with van der Waals surface area (Å²) in [6.45, 7) is 5.82. The molecule has 104 valence electrons. The van der Waals surface area contributed by atoms with E-state index in [-0.39, 0.29) is 18.2 Å². The summed E-state index contributed by atoms with van der Waals surface area (Å²) in [5.74, 6) is 2.57. The number of rotatable bonds is 3. The lowest BCUT2D eigenvalue weighted by atomic mass is 10.1. The smallest absolute Gasteiger partial charge is 0.243 e. The van der Waals surface area contributed by atoms with Crippen molar-refractivity contribution in [1.29, 1.82) is 0 Å². The van der Waals surface area contributed by atoms with Crippen molar-refractivity contribution in [3.63, 3.8) is 0 Å². The Bertz CT molecular complexity index is 613. The highest BCUT2D eigenvalue weighted by atomic mass is 32.2. The number of benzene rings is 1. The predicted molar refractivity (Wildman–Crippen MR) is 82.2 cm³/mol. The van der Waals surface area contributed by atoms with Crippen molar-refractivity contribution in [1.82, 2.24) is 0 Å². The lowest BCUT2D eigenvalue weighted by Crippen LogP contribution is -2.46. The van der Waals surface area contributed by atoms with Gasteiger partial charge in [-0.3, -0.25) is 14.5 Å². The molecule has 4 heteroatoms. The van der Waals surface area contributed by atoms with Crippen LogP contribution in [0.2, 0.25) is 0 Å². The number of anilines is 1. The highest BCUT2D eigenvalue weighted by molar-refractivity contribution is 8.01. The number of carbonyl (C=O) groups excluding carboxylic acids is 2. The molecule has 2 rings (SSSR count). The number of carbonyl (C=O) groups is 2. The van der Waals surface area contributed by atoms with Crippen LogP contribution in [-0.4, -0.2) is 23.0 Å². The standard InChI is InChI=1S/C16H17NO2S/c1-5-9-17-12-10-11(13(18)6-2)7-8-14(12)20-16(3,4)15(17)19/h1,7-8,10H,6,9H2,2-4H3. The van der Waals surface area contributed by atoms with Gasteiger partial charge < -0.3 is 0 Å². The van der Waals surface area contributed by atoms with Gasteiger partial charge in [0.05, 0.1) is 17.0 Å². The van der Waals surface area contributed by atoms with Gasteiger partial charge in [-0.2, -0.15) is 0 Å². The lowest BCUT2D eigenvalue weighted by Gasteiger charge is -2.37. The molecular weight excluding hydrogens is 270 g/mol. The SMILES string of the molecule is C#CCN1C(=O)C(C)(C)Sc2ccc(C(=O)CC)cc21. The predicted octanol–water partition coefficient (Wildman–Crippen LogP) is 3.13. The molecule has 0 radical (unpaired) electrons. The van der Waals surface area contributed by atoms with E-state index in [1.165, 1.54) is 11.8 Å². The van der Waals surface area contributed by atoms with Gasteiger partial charge in [-0.05, 0) is 26.0 Å². The zero-order chi connectivity index (χ0) is 14.9. The topological polar surface area (TPSA) is 37.4 Å². The first-order valence-electron chi connectivity index (χ1n) is 6.52. The number of fused-ring (bicyclic) bond motifs is 1. The van der Waals surface area contributed by atoms with Crippen molar-refractivity contribution >= 4 is 29.1 Å². The minimum absolute atomic E-state index is 0.0194. The maximum atomic E-state index is 12.5. The Morgan fingerprint density at radius 2 is 2.15 bits per heavy atom. The average molecular weight is 287 g/mol. The quantitative estimate of drug-likeness (QED) is 0.633. The molecule has 3 nitrogen and oxygen atoms in total. The second kappa shape index (κ2) is 5.34. The molecule has 1 amide bonds. The van der Waals surface area contributed by atoms with Crippen molar-refractivity contribution in [2.45, 2.75) is 36.8 Å². The van der Waals surface area contributed by atoms with E-state index in [4.69, 9.17) is 6.42 Å². The van der Waals surface area contributed by atoms with Gasteiger partial charge in [-0.15, -0.1) is 18.2 Å². The largest absolute Gasteiger partial charge is 0.298 e. The first kappa shape index (κ1) is 14.7. The van der Waals surface area contributed by atoms with Crippen molar-refractivity contribution in [2.24, 2.45) is 0 Å². The molecule has 0 aliphatic carbocycles. The van der Waals surface area contributed by atoms with E-state index in [9.17, 15) is 9.59 Å². The maximum absolute atomic E-state index is 12.5. The van der Waals surface area contributed by atoms with Crippen LogP contribution in [0, 0.1) is 12.3 Å². The molecule has 0 spiro atoms. The summed E-state index contributed by atoms with van der Waals surface area (Å²) in [6.07, 6.45) is 5.82. The monoisotopic (exact) mass is 287 g/mol. The molecule has 1 aromatic carbocycles. The summed E-state index contributed by atoms with van der Waals surface area (Å²) in [6, 6.07) is 5.50. The van der Waals surface area contributed by atoms with Crippen LogP contribution in [0.1, 0.15) is 37.6 Å². The van der Waals surface area contributed by atoms with Crippen LogP contribution < -0.4 is 4.90 Å². The highest BCUT2D eigenvalue weighted by Crippen LogP contribution is 2.45. The Morgan fingerprint density at radius 3 is 2.75 bits per heavy atom. The molecule has 0 saturated carbocycles. The van der Waals surface area contributed by atoms with Gasteiger partial charge in [0.1, 0.15) is 0 Å². The van der Waals surface area contributed by atoms with Gasteiger partial charge in [-0.1, -0.05) is 18.9 Å².